The molecular formula is C17H29NO3. The highest BCUT2D eigenvalue weighted by molar-refractivity contribution is 5.85. The van der Waals surface area contributed by atoms with Crippen LogP contribution in [0.3, 0.4) is 0 Å². The Hall–Kier alpha value is -1.06. The molecule has 0 spiro atoms. The van der Waals surface area contributed by atoms with Gasteiger partial charge in [0.25, 0.3) is 0 Å². The van der Waals surface area contributed by atoms with E-state index < -0.39 is 11.4 Å². The van der Waals surface area contributed by atoms with Crippen LogP contribution in [-0.2, 0) is 9.59 Å². The van der Waals surface area contributed by atoms with Gasteiger partial charge in [-0.05, 0) is 43.9 Å². The molecule has 0 aromatic rings. The molecule has 2 atom stereocenters. The van der Waals surface area contributed by atoms with Crippen molar-refractivity contribution >= 4 is 11.9 Å². The minimum absolute atomic E-state index is 0.0643. The average Bonchev–Trinajstić information content (AvgIpc) is 2.37. The predicted molar refractivity (Wildman–Crippen MR) is 81.9 cm³/mol. The summed E-state index contributed by atoms with van der Waals surface area (Å²) in [5.41, 5.74) is -0.811. The van der Waals surface area contributed by atoms with Crippen molar-refractivity contribution in [1.29, 1.82) is 0 Å². The lowest BCUT2D eigenvalue weighted by atomic mass is 9.71. The highest BCUT2D eigenvalue weighted by atomic mass is 16.4. The number of hydrogen-bond acceptors (Lipinski definition) is 2. The lowest BCUT2D eigenvalue weighted by Crippen LogP contribution is -2.44. The number of carboxylic acids is 1. The molecule has 0 saturated heterocycles. The zero-order valence-corrected chi connectivity index (χ0v) is 13.4. The van der Waals surface area contributed by atoms with E-state index in [2.05, 4.69) is 19.2 Å². The van der Waals surface area contributed by atoms with E-state index in [9.17, 15) is 14.7 Å². The first-order chi connectivity index (χ1) is 9.91. The van der Waals surface area contributed by atoms with E-state index in [1.54, 1.807) is 0 Å². The van der Waals surface area contributed by atoms with Crippen LogP contribution in [0.5, 0.6) is 0 Å². The number of carboxylic acid groups (broad SMARTS) is 1. The Balaban J connectivity index is 1.92. The molecule has 0 aromatic heterocycles. The van der Waals surface area contributed by atoms with Crippen molar-refractivity contribution in [2.24, 2.45) is 17.3 Å². The first-order valence-electron chi connectivity index (χ1n) is 8.44. The topological polar surface area (TPSA) is 66.4 Å². The Morgan fingerprint density at radius 1 is 1.05 bits per heavy atom. The first-order valence-corrected chi connectivity index (χ1v) is 8.44. The number of rotatable bonds is 4. The number of nitrogens with one attached hydrogen (secondary N) is 1. The third-order valence-electron chi connectivity index (χ3n) is 5.31. The van der Waals surface area contributed by atoms with E-state index in [-0.39, 0.29) is 18.4 Å². The molecule has 2 rings (SSSR count). The molecular weight excluding hydrogens is 266 g/mol. The van der Waals surface area contributed by atoms with Crippen molar-refractivity contribution < 1.29 is 14.7 Å². The van der Waals surface area contributed by atoms with Gasteiger partial charge >= 0.3 is 5.97 Å². The van der Waals surface area contributed by atoms with Crippen LogP contribution in [0.25, 0.3) is 0 Å². The Bertz CT molecular complexity index is 377. The van der Waals surface area contributed by atoms with Gasteiger partial charge in [-0.3, -0.25) is 9.59 Å². The Kier molecular flexibility index (Phi) is 5.28. The second-order valence-electron chi connectivity index (χ2n) is 7.50. The molecule has 0 aliphatic heterocycles. The van der Waals surface area contributed by atoms with E-state index >= 15 is 0 Å². The monoisotopic (exact) mass is 295 g/mol. The maximum absolute atomic E-state index is 12.3. The van der Waals surface area contributed by atoms with Gasteiger partial charge in [0.2, 0.25) is 5.91 Å². The van der Waals surface area contributed by atoms with Crippen LogP contribution in [0.1, 0.15) is 71.6 Å². The third-order valence-corrected chi connectivity index (χ3v) is 5.31. The van der Waals surface area contributed by atoms with Crippen LogP contribution in [0, 0.1) is 17.3 Å². The lowest BCUT2D eigenvalue weighted by molar-refractivity contribution is -0.154. The van der Waals surface area contributed by atoms with Gasteiger partial charge in [0.15, 0.2) is 0 Å². The number of aliphatic carboxylic acids is 1. The summed E-state index contributed by atoms with van der Waals surface area (Å²) in [7, 11) is 0. The maximum Gasteiger partial charge on any atom is 0.310 e. The largest absolute Gasteiger partial charge is 0.481 e. The third kappa shape index (κ3) is 4.21. The molecule has 4 nitrogen and oxygen atoms in total. The van der Waals surface area contributed by atoms with Gasteiger partial charge in [-0.25, -0.2) is 0 Å². The van der Waals surface area contributed by atoms with E-state index in [0.29, 0.717) is 24.7 Å². The fourth-order valence-corrected chi connectivity index (χ4v) is 4.35. The standard InChI is InChI=1S/C17H29NO3/c1-12-8-13(2)10-14(9-12)18-15(19)11-17(16(20)21)6-4-3-5-7-17/h12-14H,3-11H2,1-2H3,(H,18,19)(H,20,21). The zero-order chi connectivity index (χ0) is 15.5. The second-order valence-corrected chi connectivity index (χ2v) is 7.50. The van der Waals surface area contributed by atoms with Gasteiger partial charge in [-0.1, -0.05) is 33.1 Å². The maximum atomic E-state index is 12.3. The normalized spacial score (nSPS) is 32.4. The van der Waals surface area contributed by atoms with E-state index in [4.69, 9.17) is 0 Å². The van der Waals surface area contributed by atoms with Crippen molar-refractivity contribution in [1.82, 2.24) is 5.32 Å². The van der Waals surface area contributed by atoms with Gasteiger partial charge in [-0.15, -0.1) is 0 Å². The summed E-state index contributed by atoms with van der Waals surface area (Å²) in [5, 5.41) is 12.7. The van der Waals surface area contributed by atoms with Crippen molar-refractivity contribution in [3.8, 4) is 0 Å². The summed E-state index contributed by atoms with van der Waals surface area (Å²) in [5.74, 6) is 0.428. The molecule has 2 unspecified atom stereocenters. The molecule has 2 aliphatic rings. The van der Waals surface area contributed by atoms with Crippen molar-refractivity contribution in [3.05, 3.63) is 0 Å². The van der Waals surface area contributed by atoms with Crippen molar-refractivity contribution in [3.63, 3.8) is 0 Å². The van der Waals surface area contributed by atoms with Gasteiger partial charge < -0.3 is 10.4 Å². The quantitative estimate of drug-likeness (QED) is 0.836. The van der Waals surface area contributed by atoms with Crippen molar-refractivity contribution in [2.75, 3.05) is 0 Å². The molecule has 0 bridgehead atoms. The van der Waals surface area contributed by atoms with Crippen molar-refractivity contribution in [2.45, 2.75) is 77.7 Å². The van der Waals surface area contributed by atoms with Crippen LogP contribution < -0.4 is 5.32 Å². The van der Waals surface area contributed by atoms with Crippen LogP contribution in [-0.4, -0.2) is 23.0 Å². The first kappa shape index (κ1) is 16.3. The number of carbonyl (C=O) groups excluding carboxylic acids is 1. The van der Waals surface area contributed by atoms with Gasteiger partial charge in [0.1, 0.15) is 0 Å². The molecule has 2 fully saturated rings. The van der Waals surface area contributed by atoms with Crippen LogP contribution >= 0.6 is 0 Å². The molecule has 0 radical (unpaired) electrons. The minimum Gasteiger partial charge on any atom is -0.481 e. The molecule has 0 aromatic carbocycles. The van der Waals surface area contributed by atoms with Gasteiger partial charge in [0.05, 0.1) is 5.41 Å². The lowest BCUT2D eigenvalue weighted by Gasteiger charge is -2.35. The summed E-state index contributed by atoms with van der Waals surface area (Å²) in [6.07, 6.45) is 7.67. The molecule has 21 heavy (non-hydrogen) atoms. The summed E-state index contributed by atoms with van der Waals surface area (Å²) in [6.45, 7) is 4.46. The Morgan fingerprint density at radius 3 is 2.14 bits per heavy atom. The number of hydrogen-bond donors (Lipinski definition) is 2. The van der Waals surface area contributed by atoms with E-state index in [0.717, 1.165) is 32.1 Å². The highest BCUT2D eigenvalue weighted by Gasteiger charge is 2.41. The summed E-state index contributed by atoms with van der Waals surface area (Å²) in [4.78, 5) is 24.0. The highest BCUT2D eigenvalue weighted by Crippen LogP contribution is 2.39. The zero-order valence-electron chi connectivity index (χ0n) is 13.4. The average molecular weight is 295 g/mol. The predicted octanol–water partition coefficient (Wildman–Crippen LogP) is 3.35. The fourth-order valence-electron chi connectivity index (χ4n) is 4.35. The molecule has 0 heterocycles. The summed E-state index contributed by atoms with van der Waals surface area (Å²) < 4.78 is 0. The second kappa shape index (κ2) is 6.80. The minimum atomic E-state index is -0.811. The Morgan fingerprint density at radius 2 is 1.62 bits per heavy atom. The smallest absolute Gasteiger partial charge is 0.310 e. The fraction of sp³-hybridized carbons (Fsp3) is 0.882. The van der Waals surface area contributed by atoms with Crippen LogP contribution in [0.15, 0.2) is 0 Å². The van der Waals surface area contributed by atoms with Gasteiger partial charge in [-0.2, -0.15) is 0 Å². The number of carbonyl (C=O) groups is 2. The van der Waals surface area contributed by atoms with Crippen LogP contribution in [0.2, 0.25) is 0 Å². The van der Waals surface area contributed by atoms with E-state index in [1.807, 2.05) is 0 Å². The van der Waals surface area contributed by atoms with Gasteiger partial charge in [0, 0.05) is 12.5 Å². The Labute approximate surface area is 127 Å². The molecule has 2 saturated carbocycles. The molecule has 2 N–H and O–H groups in total. The SMILES string of the molecule is CC1CC(C)CC(NC(=O)CC2(C(=O)O)CCCCC2)C1. The van der Waals surface area contributed by atoms with Crippen LogP contribution in [0.4, 0.5) is 0 Å². The molecule has 4 heteroatoms. The molecule has 120 valence electrons. The molecule has 2 aliphatic carbocycles. The molecule has 1 amide bonds. The summed E-state index contributed by atoms with van der Waals surface area (Å²) >= 11 is 0. The van der Waals surface area contributed by atoms with E-state index in [1.165, 1.54) is 6.42 Å². The number of amides is 1. The summed E-state index contributed by atoms with van der Waals surface area (Å²) in [6, 6.07) is 0.227.